The van der Waals surface area contributed by atoms with E-state index in [1.807, 2.05) is 6.07 Å². The van der Waals surface area contributed by atoms with E-state index in [0.717, 1.165) is 6.07 Å². The van der Waals surface area contributed by atoms with Crippen molar-refractivity contribution in [2.45, 2.75) is 13.1 Å². The van der Waals surface area contributed by atoms with Crippen LogP contribution in [0.4, 0.5) is 18.9 Å². The van der Waals surface area contributed by atoms with E-state index in [9.17, 15) is 18.0 Å². The number of aromatic nitrogens is 1. The Balaban J connectivity index is 2.32. The van der Waals surface area contributed by atoms with Gasteiger partial charge in [0.2, 0.25) is 0 Å². The molecule has 0 aliphatic heterocycles. The summed E-state index contributed by atoms with van der Waals surface area (Å²) in [7, 11) is 0. The maximum Gasteiger partial charge on any atom is 0.417 e. The first-order valence-electron chi connectivity index (χ1n) is 6.56. The summed E-state index contributed by atoms with van der Waals surface area (Å²) in [6, 6.07) is 8.92. The zero-order valence-corrected chi connectivity index (χ0v) is 12.3. The van der Waals surface area contributed by atoms with Gasteiger partial charge < -0.3 is 5.32 Å². The first-order valence-corrected chi connectivity index (χ1v) is 6.56. The summed E-state index contributed by atoms with van der Waals surface area (Å²) in [5, 5.41) is 19.8. The number of carbonyl (C=O) groups excluding carboxylic acids is 1. The van der Waals surface area contributed by atoms with Crippen LogP contribution in [0.2, 0.25) is 0 Å². The van der Waals surface area contributed by atoms with E-state index in [4.69, 9.17) is 10.5 Å². The summed E-state index contributed by atoms with van der Waals surface area (Å²) < 4.78 is 38.7. The Kier molecular flexibility index (Phi) is 4.52. The van der Waals surface area contributed by atoms with Crippen LogP contribution in [0.25, 0.3) is 0 Å². The molecule has 1 amide bonds. The van der Waals surface area contributed by atoms with E-state index in [2.05, 4.69) is 10.3 Å². The van der Waals surface area contributed by atoms with Crippen LogP contribution >= 0.6 is 0 Å². The number of carbonyl (C=O) groups is 1. The number of hydrogen-bond donors (Lipinski definition) is 1. The molecule has 1 aromatic heterocycles. The van der Waals surface area contributed by atoms with Gasteiger partial charge in [0.05, 0.1) is 28.5 Å². The van der Waals surface area contributed by atoms with E-state index >= 15 is 0 Å². The van der Waals surface area contributed by atoms with Crippen molar-refractivity contribution in [3.8, 4) is 12.1 Å². The fourth-order valence-electron chi connectivity index (χ4n) is 1.95. The normalized spacial score (nSPS) is 10.6. The number of pyridine rings is 1. The van der Waals surface area contributed by atoms with Gasteiger partial charge in [-0.2, -0.15) is 23.7 Å². The highest BCUT2D eigenvalue weighted by Crippen LogP contribution is 2.33. The lowest BCUT2D eigenvalue weighted by atomic mass is 10.1. The van der Waals surface area contributed by atoms with Crippen LogP contribution in [0.1, 0.15) is 32.9 Å². The molecule has 0 atom stereocenters. The van der Waals surface area contributed by atoms with E-state index in [1.54, 1.807) is 6.92 Å². The lowest BCUT2D eigenvalue weighted by molar-refractivity contribution is -0.137. The zero-order valence-electron chi connectivity index (χ0n) is 12.3. The van der Waals surface area contributed by atoms with Gasteiger partial charge in [0.15, 0.2) is 0 Å². The van der Waals surface area contributed by atoms with Gasteiger partial charge in [0.25, 0.3) is 5.91 Å². The second-order valence-electron chi connectivity index (χ2n) is 4.77. The van der Waals surface area contributed by atoms with Gasteiger partial charge in [-0.25, -0.2) is 4.98 Å². The van der Waals surface area contributed by atoms with Crippen LogP contribution in [0.3, 0.4) is 0 Å². The molecule has 0 aliphatic rings. The van der Waals surface area contributed by atoms with Crippen LogP contribution in [-0.2, 0) is 6.18 Å². The van der Waals surface area contributed by atoms with Crippen molar-refractivity contribution in [3.63, 3.8) is 0 Å². The average Bonchev–Trinajstić information content (AvgIpc) is 2.53. The Bertz CT molecular complexity index is 892. The van der Waals surface area contributed by atoms with Crippen LogP contribution < -0.4 is 5.32 Å². The topological polar surface area (TPSA) is 89.6 Å². The van der Waals surface area contributed by atoms with E-state index in [0.29, 0.717) is 17.3 Å². The third-order valence-corrected chi connectivity index (χ3v) is 3.14. The molecule has 2 rings (SSSR count). The third kappa shape index (κ3) is 3.50. The van der Waals surface area contributed by atoms with Crippen molar-refractivity contribution in [3.05, 3.63) is 58.4 Å². The van der Waals surface area contributed by atoms with Crippen LogP contribution in [-0.4, -0.2) is 10.9 Å². The molecule has 1 heterocycles. The molecule has 2 aromatic rings. The predicted molar refractivity (Wildman–Crippen MR) is 77.8 cm³/mol. The lowest BCUT2D eigenvalue weighted by Gasteiger charge is -2.11. The summed E-state index contributed by atoms with van der Waals surface area (Å²) in [5.74, 6) is -0.722. The number of halogens is 3. The third-order valence-electron chi connectivity index (χ3n) is 3.14. The molecule has 1 aromatic carbocycles. The molecule has 0 aliphatic carbocycles. The van der Waals surface area contributed by atoms with Gasteiger partial charge in [-0.15, -0.1) is 0 Å². The molecule has 8 heteroatoms. The number of aryl methyl sites for hydroxylation is 1. The maximum absolute atomic E-state index is 12.9. The van der Waals surface area contributed by atoms with Gasteiger partial charge in [0, 0.05) is 5.69 Å². The highest BCUT2D eigenvalue weighted by Gasteiger charge is 2.34. The molecule has 0 unspecified atom stereocenters. The number of rotatable bonds is 2. The molecule has 120 valence electrons. The summed E-state index contributed by atoms with van der Waals surface area (Å²) in [4.78, 5) is 16.0. The van der Waals surface area contributed by atoms with Gasteiger partial charge in [0.1, 0.15) is 11.8 Å². The monoisotopic (exact) mass is 330 g/mol. The van der Waals surface area contributed by atoms with Crippen LogP contribution in [0.5, 0.6) is 0 Å². The number of hydrogen-bond acceptors (Lipinski definition) is 4. The number of nitrogens with zero attached hydrogens (tertiary/aromatic N) is 3. The highest BCUT2D eigenvalue weighted by atomic mass is 19.4. The average molecular weight is 330 g/mol. The molecule has 0 spiro atoms. The SMILES string of the molecule is Cc1nc(C(=O)Nc2ccc(C#N)c(C(F)(F)F)c2)ccc1C#N. The summed E-state index contributed by atoms with van der Waals surface area (Å²) in [6.45, 7) is 1.54. The number of alkyl halides is 3. The van der Waals surface area contributed by atoms with Crippen molar-refractivity contribution in [2.24, 2.45) is 0 Å². The first kappa shape index (κ1) is 17.0. The molecular formula is C16H9F3N4O. The lowest BCUT2D eigenvalue weighted by Crippen LogP contribution is -2.16. The minimum absolute atomic E-state index is 0.0376. The molecular weight excluding hydrogens is 321 g/mol. The minimum atomic E-state index is -4.71. The smallest absolute Gasteiger partial charge is 0.321 e. The van der Waals surface area contributed by atoms with Crippen molar-refractivity contribution in [1.29, 1.82) is 10.5 Å². The van der Waals surface area contributed by atoms with Crippen molar-refractivity contribution in [1.82, 2.24) is 4.98 Å². The van der Waals surface area contributed by atoms with Crippen molar-refractivity contribution < 1.29 is 18.0 Å². The molecule has 0 saturated heterocycles. The summed E-state index contributed by atoms with van der Waals surface area (Å²) in [6.07, 6.45) is -4.71. The Morgan fingerprint density at radius 2 is 1.75 bits per heavy atom. The highest BCUT2D eigenvalue weighted by molar-refractivity contribution is 6.03. The van der Waals surface area contributed by atoms with Crippen molar-refractivity contribution >= 4 is 11.6 Å². The first-order chi connectivity index (χ1) is 11.3. The molecule has 1 N–H and O–H groups in total. The second kappa shape index (κ2) is 6.39. The molecule has 0 radical (unpaired) electrons. The predicted octanol–water partition coefficient (Wildman–Crippen LogP) is 3.40. The molecule has 5 nitrogen and oxygen atoms in total. The fourth-order valence-corrected chi connectivity index (χ4v) is 1.95. The van der Waals surface area contributed by atoms with E-state index in [1.165, 1.54) is 24.3 Å². The quantitative estimate of drug-likeness (QED) is 0.914. The zero-order chi connectivity index (χ0) is 17.9. The van der Waals surface area contributed by atoms with Gasteiger partial charge in [-0.1, -0.05) is 0 Å². The Morgan fingerprint density at radius 1 is 1.12 bits per heavy atom. The van der Waals surface area contributed by atoms with Gasteiger partial charge >= 0.3 is 6.18 Å². The Morgan fingerprint density at radius 3 is 2.29 bits per heavy atom. The summed E-state index contributed by atoms with van der Waals surface area (Å²) in [5.41, 5.74) is -1.19. The number of amides is 1. The van der Waals surface area contributed by atoms with E-state index in [-0.39, 0.29) is 11.4 Å². The molecule has 24 heavy (non-hydrogen) atoms. The van der Waals surface area contributed by atoms with Gasteiger partial charge in [-0.3, -0.25) is 4.79 Å². The minimum Gasteiger partial charge on any atom is -0.321 e. The number of anilines is 1. The largest absolute Gasteiger partial charge is 0.417 e. The van der Waals surface area contributed by atoms with Gasteiger partial charge in [-0.05, 0) is 37.3 Å². The van der Waals surface area contributed by atoms with Crippen molar-refractivity contribution in [2.75, 3.05) is 5.32 Å². The molecule has 0 bridgehead atoms. The van der Waals surface area contributed by atoms with E-state index < -0.39 is 23.2 Å². The number of nitrogens with one attached hydrogen (secondary N) is 1. The summed E-state index contributed by atoms with van der Waals surface area (Å²) >= 11 is 0. The molecule has 0 saturated carbocycles. The number of benzene rings is 1. The Hall–Kier alpha value is -3.39. The standard InChI is InChI=1S/C16H9F3N4O/c1-9-10(7-20)3-5-14(22-9)15(24)23-12-4-2-11(8-21)13(6-12)16(17,18)19/h2-6H,1H3,(H,23,24). The molecule has 0 fully saturated rings. The second-order valence-corrected chi connectivity index (χ2v) is 4.77. The maximum atomic E-state index is 12.9. The Labute approximate surface area is 135 Å². The fraction of sp³-hybridized carbons (Fsp3) is 0.125. The van der Waals surface area contributed by atoms with Crippen LogP contribution in [0.15, 0.2) is 30.3 Å². The number of nitriles is 2. The van der Waals surface area contributed by atoms with Crippen LogP contribution in [0, 0.1) is 29.6 Å².